The number of anilines is 1. The van der Waals surface area contributed by atoms with Crippen LogP contribution in [0.15, 0.2) is 60.7 Å². The molecule has 1 fully saturated rings. The average Bonchev–Trinajstić information content (AvgIpc) is 3.28. The van der Waals surface area contributed by atoms with Gasteiger partial charge in [0.05, 0.1) is 6.04 Å². The van der Waals surface area contributed by atoms with E-state index in [-0.39, 0.29) is 18.0 Å². The van der Waals surface area contributed by atoms with Crippen LogP contribution in [0.25, 0.3) is 10.8 Å². The van der Waals surface area contributed by atoms with Crippen molar-refractivity contribution in [3.05, 3.63) is 66.2 Å². The van der Waals surface area contributed by atoms with E-state index in [1.807, 2.05) is 43.3 Å². The Hall–Kier alpha value is -3.05. The Morgan fingerprint density at radius 1 is 1.03 bits per heavy atom. The molecule has 2 atom stereocenters. The number of amides is 1. The monoisotopic (exact) mass is 402 g/mol. The first kappa shape index (κ1) is 18.9. The number of hydrogen-bond acceptors (Lipinski definition) is 4. The first-order valence-corrected chi connectivity index (χ1v) is 10.6. The molecular formula is C25H26N2O3. The molecule has 0 radical (unpaired) electrons. The topological polar surface area (TPSA) is 50.8 Å². The summed E-state index contributed by atoms with van der Waals surface area (Å²) in [6.07, 6.45) is 2.11. The van der Waals surface area contributed by atoms with Gasteiger partial charge in [0.1, 0.15) is 13.2 Å². The first-order valence-electron chi connectivity index (χ1n) is 10.6. The van der Waals surface area contributed by atoms with Gasteiger partial charge in [0.15, 0.2) is 11.5 Å². The highest BCUT2D eigenvalue weighted by Gasteiger charge is 2.33. The van der Waals surface area contributed by atoms with Gasteiger partial charge < -0.3 is 14.8 Å². The largest absolute Gasteiger partial charge is 0.486 e. The SMILES string of the molecule is C[C@H](C(=O)Nc1cccc2ccccc12)N1CCC[C@@H]1c1ccc2c(c1)OCCO2. The van der Waals surface area contributed by atoms with Crippen molar-refractivity contribution < 1.29 is 14.3 Å². The second-order valence-corrected chi connectivity index (χ2v) is 7.99. The van der Waals surface area contributed by atoms with Gasteiger partial charge in [0.25, 0.3) is 0 Å². The number of carbonyl (C=O) groups is 1. The molecule has 0 bridgehead atoms. The van der Waals surface area contributed by atoms with Gasteiger partial charge in [-0.2, -0.15) is 0 Å². The van der Waals surface area contributed by atoms with Crippen molar-refractivity contribution in [3.8, 4) is 11.5 Å². The number of likely N-dealkylation sites (tertiary alicyclic amines) is 1. The fraction of sp³-hybridized carbons (Fsp3) is 0.320. The lowest BCUT2D eigenvalue weighted by molar-refractivity contribution is -0.121. The predicted octanol–water partition coefficient (Wildman–Crippen LogP) is 4.78. The van der Waals surface area contributed by atoms with Gasteiger partial charge in [-0.25, -0.2) is 0 Å². The van der Waals surface area contributed by atoms with Crippen LogP contribution in [-0.4, -0.2) is 36.6 Å². The summed E-state index contributed by atoms with van der Waals surface area (Å²) >= 11 is 0. The van der Waals surface area contributed by atoms with E-state index in [0.717, 1.165) is 47.3 Å². The first-order chi connectivity index (χ1) is 14.7. The van der Waals surface area contributed by atoms with Gasteiger partial charge in [-0.3, -0.25) is 9.69 Å². The smallest absolute Gasteiger partial charge is 0.241 e. The molecule has 1 saturated heterocycles. The summed E-state index contributed by atoms with van der Waals surface area (Å²) in [6.45, 7) is 4.07. The third-order valence-corrected chi connectivity index (χ3v) is 6.17. The van der Waals surface area contributed by atoms with E-state index in [0.29, 0.717) is 13.2 Å². The fourth-order valence-corrected chi connectivity index (χ4v) is 4.60. The Kier molecular flexibility index (Phi) is 5.05. The van der Waals surface area contributed by atoms with Gasteiger partial charge in [-0.05, 0) is 55.5 Å². The molecule has 2 aliphatic heterocycles. The third kappa shape index (κ3) is 3.50. The molecule has 2 aliphatic rings. The van der Waals surface area contributed by atoms with E-state index in [1.54, 1.807) is 0 Å². The van der Waals surface area contributed by atoms with E-state index in [2.05, 4.69) is 34.5 Å². The number of rotatable bonds is 4. The van der Waals surface area contributed by atoms with Crippen LogP contribution in [0.5, 0.6) is 11.5 Å². The summed E-state index contributed by atoms with van der Waals surface area (Å²) in [4.78, 5) is 15.5. The molecule has 1 amide bonds. The highest BCUT2D eigenvalue weighted by Crippen LogP contribution is 2.39. The van der Waals surface area contributed by atoms with Crippen molar-refractivity contribution in [2.75, 3.05) is 25.1 Å². The second kappa shape index (κ2) is 8.00. The number of fused-ring (bicyclic) bond motifs is 2. The quantitative estimate of drug-likeness (QED) is 0.683. The van der Waals surface area contributed by atoms with Gasteiger partial charge in [-0.1, -0.05) is 42.5 Å². The fourth-order valence-electron chi connectivity index (χ4n) is 4.60. The van der Waals surface area contributed by atoms with Gasteiger partial charge in [0.2, 0.25) is 5.91 Å². The summed E-state index contributed by atoms with van der Waals surface area (Å²) in [7, 11) is 0. The van der Waals surface area contributed by atoms with Gasteiger partial charge >= 0.3 is 0 Å². The Morgan fingerprint density at radius 3 is 2.73 bits per heavy atom. The summed E-state index contributed by atoms with van der Waals surface area (Å²) in [5, 5.41) is 5.34. The summed E-state index contributed by atoms with van der Waals surface area (Å²) in [5.74, 6) is 1.63. The van der Waals surface area contributed by atoms with Crippen LogP contribution in [0.2, 0.25) is 0 Å². The van der Waals surface area contributed by atoms with E-state index in [9.17, 15) is 4.79 Å². The van der Waals surface area contributed by atoms with Crippen LogP contribution in [0.3, 0.4) is 0 Å². The van der Waals surface area contributed by atoms with Crippen LogP contribution in [0.1, 0.15) is 31.4 Å². The molecule has 5 nitrogen and oxygen atoms in total. The number of benzene rings is 3. The molecule has 1 N–H and O–H groups in total. The molecule has 0 spiro atoms. The molecular weight excluding hydrogens is 376 g/mol. The number of ether oxygens (including phenoxy) is 2. The summed E-state index contributed by atoms with van der Waals surface area (Å²) in [6, 6.07) is 20.3. The maximum Gasteiger partial charge on any atom is 0.241 e. The molecule has 5 rings (SSSR count). The third-order valence-electron chi connectivity index (χ3n) is 6.17. The number of carbonyl (C=O) groups excluding carboxylic acids is 1. The minimum atomic E-state index is -0.232. The number of nitrogens with zero attached hydrogens (tertiary/aromatic N) is 1. The van der Waals surface area contributed by atoms with Crippen molar-refractivity contribution in [3.63, 3.8) is 0 Å². The van der Waals surface area contributed by atoms with Crippen molar-refractivity contribution >= 4 is 22.4 Å². The Morgan fingerprint density at radius 2 is 1.83 bits per heavy atom. The minimum absolute atomic E-state index is 0.0239. The Bertz CT molecular complexity index is 1080. The molecule has 0 unspecified atom stereocenters. The number of nitrogens with one attached hydrogen (secondary N) is 1. The summed E-state index contributed by atoms with van der Waals surface area (Å²) in [5.41, 5.74) is 2.04. The lowest BCUT2D eigenvalue weighted by atomic mass is 10.0. The standard InChI is InChI=1S/C25H26N2O3/c1-17(25(28)26-21-9-4-7-18-6-2-3-8-20(18)21)27-13-5-10-22(27)19-11-12-23-24(16-19)30-15-14-29-23/h2-4,6-9,11-12,16-17,22H,5,10,13-15H2,1H3,(H,26,28)/t17-,22-/m1/s1. The predicted molar refractivity (Wildman–Crippen MR) is 118 cm³/mol. The molecule has 3 aromatic rings. The molecule has 0 aliphatic carbocycles. The normalized spacial score (nSPS) is 19.6. The number of hydrogen-bond donors (Lipinski definition) is 1. The van der Waals surface area contributed by atoms with E-state index in [1.165, 1.54) is 5.56 Å². The molecule has 3 aromatic carbocycles. The molecule has 0 aromatic heterocycles. The average molecular weight is 402 g/mol. The molecule has 5 heteroatoms. The zero-order valence-corrected chi connectivity index (χ0v) is 17.1. The second-order valence-electron chi connectivity index (χ2n) is 7.99. The van der Waals surface area contributed by atoms with Gasteiger partial charge in [-0.15, -0.1) is 0 Å². The maximum atomic E-state index is 13.2. The van der Waals surface area contributed by atoms with Crippen molar-refractivity contribution in [2.24, 2.45) is 0 Å². The highest BCUT2D eigenvalue weighted by molar-refractivity contribution is 6.03. The molecule has 0 saturated carbocycles. The van der Waals surface area contributed by atoms with E-state index < -0.39 is 0 Å². The highest BCUT2D eigenvalue weighted by atomic mass is 16.6. The maximum absolute atomic E-state index is 13.2. The van der Waals surface area contributed by atoms with E-state index in [4.69, 9.17) is 9.47 Å². The summed E-state index contributed by atoms with van der Waals surface area (Å²) < 4.78 is 11.4. The van der Waals surface area contributed by atoms with Crippen LogP contribution >= 0.6 is 0 Å². The van der Waals surface area contributed by atoms with Crippen molar-refractivity contribution in [1.82, 2.24) is 4.90 Å². The Labute approximate surface area is 176 Å². The zero-order chi connectivity index (χ0) is 20.5. The van der Waals surface area contributed by atoms with Gasteiger partial charge in [0, 0.05) is 17.1 Å². The van der Waals surface area contributed by atoms with Crippen LogP contribution in [-0.2, 0) is 4.79 Å². The molecule has 2 heterocycles. The van der Waals surface area contributed by atoms with E-state index >= 15 is 0 Å². The van der Waals surface area contributed by atoms with Crippen LogP contribution in [0, 0.1) is 0 Å². The minimum Gasteiger partial charge on any atom is -0.486 e. The molecule has 154 valence electrons. The van der Waals surface area contributed by atoms with Crippen molar-refractivity contribution in [1.29, 1.82) is 0 Å². The Balaban J connectivity index is 1.35. The lowest BCUT2D eigenvalue weighted by Crippen LogP contribution is -2.41. The molecule has 30 heavy (non-hydrogen) atoms. The lowest BCUT2D eigenvalue weighted by Gasteiger charge is -2.31. The van der Waals surface area contributed by atoms with Crippen LogP contribution in [0.4, 0.5) is 5.69 Å². The zero-order valence-electron chi connectivity index (χ0n) is 17.1. The van der Waals surface area contributed by atoms with Crippen LogP contribution < -0.4 is 14.8 Å². The van der Waals surface area contributed by atoms with Crippen molar-refractivity contribution in [2.45, 2.75) is 31.8 Å².